The molecule has 1 aromatic rings. The van der Waals surface area contributed by atoms with E-state index in [1.807, 2.05) is 31.2 Å². The smallest absolute Gasteiger partial charge is 0.321 e. The van der Waals surface area contributed by atoms with Crippen molar-refractivity contribution in [3.8, 4) is 5.75 Å². The molecule has 4 N–H and O–H groups in total. The Hall–Kier alpha value is -1.75. The highest BCUT2D eigenvalue weighted by Crippen LogP contribution is 2.15. The van der Waals surface area contributed by atoms with Gasteiger partial charge in [0.15, 0.2) is 0 Å². The second-order valence-electron chi connectivity index (χ2n) is 7.65. The molecule has 182 valence electrons. The number of hydrogen-bond acceptors (Lipinski definition) is 8. The highest BCUT2D eigenvalue weighted by molar-refractivity contribution is 5.74. The Bertz CT molecular complexity index is 605. The molecule has 0 saturated carbocycles. The molecule has 1 saturated heterocycles. The molecule has 0 unspecified atom stereocenters. The fraction of sp³-hybridized carbons (Fsp3) is 0.696. The lowest BCUT2D eigenvalue weighted by molar-refractivity contribution is -0.143. The summed E-state index contributed by atoms with van der Waals surface area (Å²) in [4.78, 5) is 14.1. The van der Waals surface area contributed by atoms with Crippen LogP contribution >= 0.6 is 0 Å². The second-order valence-corrected chi connectivity index (χ2v) is 7.65. The lowest BCUT2D eigenvalue weighted by Crippen LogP contribution is -2.49. The molecule has 0 aliphatic carbocycles. The number of hydrogen-bond donors (Lipinski definition) is 4. The van der Waals surface area contributed by atoms with Crippen molar-refractivity contribution >= 4 is 5.97 Å². The molecule has 1 heterocycles. The van der Waals surface area contributed by atoms with Crippen LogP contribution in [-0.4, -0.2) is 107 Å². The van der Waals surface area contributed by atoms with Crippen molar-refractivity contribution in [1.29, 1.82) is 0 Å². The molecule has 1 aliphatic rings. The molecule has 32 heavy (non-hydrogen) atoms. The van der Waals surface area contributed by atoms with Crippen molar-refractivity contribution < 1.29 is 24.1 Å². The summed E-state index contributed by atoms with van der Waals surface area (Å²) in [6.07, 6.45) is 0.456. The number of nitrogens with one attached hydrogen (secondary N) is 3. The number of nitrogens with zero attached hydrogens (tertiary/aromatic N) is 1. The average Bonchev–Trinajstić information content (AvgIpc) is 2.78. The van der Waals surface area contributed by atoms with Gasteiger partial charge >= 0.3 is 5.97 Å². The molecule has 0 bridgehead atoms. The molecule has 0 spiro atoms. The number of carboxylic acids is 1. The van der Waals surface area contributed by atoms with E-state index in [9.17, 15) is 9.90 Å². The van der Waals surface area contributed by atoms with Crippen LogP contribution in [0.2, 0.25) is 0 Å². The maximum atomic E-state index is 12.1. The molecule has 0 radical (unpaired) electrons. The van der Waals surface area contributed by atoms with Crippen molar-refractivity contribution in [2.24, 2.45) is 0 Å². The monoisotopic (exact) mass is 452 g/mol. The third-order valence-electron chi connectivity index (χ3n) is 5.26. The summed E-state index contributed by atoms with van der Waals surface area (Å²) < 4.78 is 16.4. The molecular weight excluding hydrogens is 412 g/mol. The van der Waals surface area contributed by atoms with Crippen molar-refractivity contribution in [2.75, 3.05) is 85.4 Å². The Morgan fingerprint density at radius 3 is 2.06 bits per heavy atom. The third kappa shape index (κ3) is 11.2. The highest BCUT2D eigenvalue weighted by atomic mass is 16.5. The van der Waals surface area contributed by atoms with E-state index in [1.165, 1.54) is 0 Å². The van der Waals surface area contributed by atoms with Crippen molar-refractivity contribution in [3.05, 3.63) is 29.8 Å². The van der Waals surface area contributed by atoms with E-state index in [0.717, 1.165) is 50.6 Å². The minimum absolute atomic E-state index is 0.456. The Kier molecular flexibility index (Phi) is 13.9. The molecule has 0 aromatic heterocycles. The van der Waals surface area contributed by atoms with E-state index >= 15 is 0 Å². The predicted octanol–water partition coefficient (Wildman–Crippen LogP) is 0.199. The molecule has 1 aliphatic heterocycles. The van der Waals surface area contributed by atoms with E-state index in [1.54, 1.807) is 0 Å². The van der Waals surface area contributed by atoms with Gasteiger partial charge in [0, 0.05) is 59.0 Å². The standard InChI is InChI=1S/C23H40N4O5/c1-2-30-15-16-31-17-18-32-21-5-3-20(4-6-21)19-22(23(28)29)27-13-11-25-9-7-24-8-10-26-12-14-27/h3-6,22,24-26H,2,7-19H2,1H3,(H,28,29)/t22-/m0/s1. The van der Waals surface area contributed by atoms with Gasteiger partial charge in [-0.2, -0.15) is 0 Å². The van der Waals surface area contributed by atoms with Crippen LogP contribution in [0.5, 0.6) is 5.75 Å². The highest BCUT2D eigenvalue weighted by Gasteiger charge is 2.25. The maximum Gasteiger partial charge on any atom is 0.321 e. The van der Waals surface area contributed by atoms with E-state index in [0.29, 0.717) is 52.5 Å². The number of aliphatic carboxylic acids is 1. The van der Waals surface area contributed by atoms with Gasteiger partial charge in [-0.1, -0.05) is 12.1 Å². The quantitative estimate of drug-likeness (QED) is 0.331. The summed E-state index contributed by atoms with van der Waals surface area (Å²) in [5.41, 5.74) is 0.981. The van der Waals surface area contributed by atoms with Gasteiger partial charge in [-0.15, -0.1) is 0 Å². The number of ether oxygens (including phenoxy) is 3. The summed E-state index contributed by atoms with van der Waals surface area (Å²) >= 11 is 0. The minimum atomic E-state index is -0.789. The fourth-order valence-corrected chi connectivity index (χ4v) is 3.50. The largest absolute Gasteiger partial charge is 0.491 e. The summed E-state index contributed by atoms with van der Waals surface area (Å²) in [6, 6.07) is 7.10. The third-order valence-corrected chi connectivity index (χ3v) is 5.26. The zero-order valence-corrected chi connectivity index (χ0v) is 19.3. The van der Waals surface area contributed by atoms with Crippen molar-refractivity contribution in [3.63, 3.8) is 0 Å². The summed E-state index contributed by atoms with van der Waals surface area (Å²) in [5, 5.41) is 20.0. The molecule has 1 aromatic carbocycles. The summed E-state index contributed by atoms with van der Waals surface area (Å²) in [7, 11) is 0. The minimum Gasteiger partial charge on any atom is -0.491 e. The Balaban J connectivity index is 1.82. The summed E-state index contributed by atoms with van der Waals surface area (Å²) in [5.74, 6) is -0.0364. The summed E-state index contributed by atoms with van der Waals surface area (Å²) in [6.45, 7) is 11.3. The van der Waals surface area contributed by atoms with Crippen LogP contribution in [0, 0.1) is 0 Å². The first-order chi connectivity index (χ1) is 15.7. The number of benzene rings is 1. The predicted molar refractivity (Wildman–Crippen MR) is 125 cm³/mol. The van der Waals surface area contributed by atoms with Crippen LogP contribution in [0.25, 0.3) is 0 Å². The van der Waals surface area contributed by atoms with E-state index < -0.39 is 12.0 Å². The van der Waals surface area contributed by atoms with Crippen LogP contribution in [0.3, 0.4) is 0 Å². The normalized spacial score (nSPS) is 17.8. The Morgan fingerprint density at radius 2 is 1.47 bits per heavy atom. The molecular formula is C23H40N4O5. The molecule has 1 fully saturated rings. The Labute approximate surface area is 191 Å². The first-order valence-electron chi connectivity index (χ1n) is 11.7. The van der Waals surface area contributed by atoms with Crippen molar-refractivity contribution in [2.45, 2.75) is 19.4 Å². The molecule has 9 heteroatoms. The van der Waals surface area contributed by atoms with Gasteiger partial charge in [0.05, 0.1) is 19.8 Å². The van der Waals surface area contributed by atoms with Gasteiger partial charge in [0.2, 0.25) is 0 Å². The SMILES string of the molecule is CCOCCOCCOc1ccc(C[C@@H](C(=O)O)N2CCNCCNCCNCC2)cc1. The molecule has 0 amide bonds. The van der Waals surface area contributed by atoms with Crippen LogP contribution in [0.15, 0.2) is 24.3 Å². The fourth-order valence-electron chi connectivity index (χ4n) is 3.50. The number of rotatable bonds is 12. The van der Waals surface area contributed by atoms with Crippen LogP contribution in [-0.2, 0) is 20.7 Å². The topological polar surface area (TPSA) is 104 Å². The first-order valence-corrected chi connectivity index (χ1v) is 11.7. The van der Waals surface area contributed by atoms with Gasteiger partial charge in [-0.25, -0.2) is 0 Å². The van der Waals surface area contributed by atoms with Gasteiger partial charge in [0.25, 0.3) is 0 Å². The lowest BCUT2D eigenvalue weighted by Gasteiger charge is -2.29. The van der Waals surface area contributed by atoms with Crippen LogP contribution in [0.1, 0.15) is 12.5 Å². The molecule has 2 rings (SSSR count). The average molecular weight is 453 g/mol. The van der Waals surface area contributed by atoms with Gasteiger partial charge in [-0.05, 0) is 31.0 Å². The van der Waals surface area contributed by atoms with E-state index in [2.05, 4.69) is 20.9 Å². The zero-order chi connectivity index (χ0) is 22.9. The van der Waals surface area contributed by atoms with Gasteiger partial charge < -0.3 is 35.3 Å². The van der Waals surface area contributed by atoms with E-state index in [-0.39, 0.29) is 0 Å². The van der Waals surface area contributed by atoms with E-state index in [4.69, 9.17) is 14.2 Å². The lowest BCUT2D eigenvalue weighted by atomic mass is 10.0. The molecule has 1 atom stereocenters. The van der Waals surface area contributed by atoms with Crippen molar-refractivity contribution in [1.82, 2.24) is 20.9 Å². The molecule has 9 nitrogen and oxygen atoms in total. The number of carbonyl (C=O) groups is 1. The van der Waals surface area contributed by atoms with Gasteiger partial charge in [-0.3, -0.25) is 9.69 Å². The zero-order valence-electron chi connectivity index (χ0n) is 19.3. The van der Waals surface area contributed by atoms with Crippen LogP contribution < -0.4 is 20.7 Å². The number of carboxylic acid groups (broad SMARTS) is 1. The first kappa shape index (κ1) is 26.5. The Morgan fingerprint density at radius 1 is 0.906 bits per heavy atom. The van der Waals surface area contributed by atoms with Crippen LogP contribution in [0.4, 0.5) is 0 Å². The maximum absolute atomic E-state index is 12.1. The van der Waals surface area contributed by atoms with Gasteiger partial charge in [0.1, 0.15) is 18.4 Å². The second kappa shape index (κ2) is 16.8.